The first-order valence-corrected chi connectivity index (χ1v) is 19.0. The van der Waals surface area contributed by atoms with Crippen LogP contribution in [0.15, 0.2) is 66.7 Å². The molecule has 3 aromatic rings. The maximum absolute atomic E-state index is 14.7. The van der Waals surface area contributed by atoms with Crippen LogP contribution >= 0.6 is 0 Å². The zero-order valence-corrected chi connectivity index (χ0v) is 31.0. The predicted molar refractivity (Wildman–Crippen MR) is 200 cm³/mol. The van der Waals surface area contributed by atoms with Crippen molar-refractivity contribution in [2.24, 2.45) is 30.7 Å². The molecule has 280 valence electrons. The van der Waals surface area contributed by atoms with Gasteiger partial charge in [-0.2, -0.15) is 0 Å². The van der Waals surface area contributed by atoms with E-state index in [2.05, 4.69) is 5.32 Å². The molecule has 1 aliphatic carbocycles. The van der Waals surface area contributed by atoms with Crippen molar-refractivity contribution in [3.63, 3.8) is 0 Å². The summed E-state index contributed by atoms with van der Waals surface area (Å²) in [6.45, 7) is 6.15. The molecule has 3 amide bonds. The summed E-state index contributed by atoms with van der Waals surface area (Å²) in [4.78, 5) is 72.8. The van der Waals surface area contributed by atoms with Crippen LogP contribution in [0.2, 0.25) is 0 Å². The van der Waals surface area contributed by atoms with E-state index in [9.17, 15) is 29.1 Å². The van der Waals surface area contributed by atoms with Crippen molar-refractivity contribution in [3.8, 4) is 11.3 Å². The molecule has 3 aliphatic heterocycles. The third-order valence-corrected chi connectivity index (χ3v) is 11.6. The number of carboxylic acids is 1. The Morgan fingerprint density at radius 3 is 2.43 bits per heavy atom. The Labute approximate surface area is 310 Å². The minimum atomic E-state index is -1.45. The van der Waals surface area contributed by atoms with Crippen molar-refractivity contribution >= 4 is 40.6 Å². The second-order valence-electron chi connectivity index (χ2n) is 16.4. The van der Waals surface area contributed by atoms with Crippen molar-refractivity contribution in [2.45, 2.75) is 82.9 Å². The van der Waals surface area contributed by atoms with E-state index < -0.39 is 46.9 Å². The number of carboxylic acid groups (broad SMARTS) is 1. The summed E-state index contributed by atoms with van der Waals surface area (Å²) < 4.78 is 7.67. The Bertz CT molecular complexity index is 1960. The van der Waals surface area contributed by atoms with Crippen LogP contribution in [0.5, 0.6) is 0 Å². The molecule has 4 aliphatic rings. The highest BCUT2D eigenvalue weighted by Gasteiger charge is 2.62. The number of fused-ring (bicyclic) bond motifs is 5. The molecule has 0 bridgehead atoms. The molecule has 2 N–H and O–H groups in total. The number of benzene rings is 2. The van der Waals surface area contributed by atoms with E-state index in [0.717, 1.165) is 47.8 Å². The number of hydrogen-bond donors (Lipinski definition) is 2. The second-order valence-corrected chi connectivity index (χ2v) is 16.4. The van der Waals surface area contributed by atoms with Gasteiger partial charge in [0.1, 0.15) is 17.2 Å². The maximum atomic E-state index is 14.7. The van der Waals surface area contributed by atoms with Crippen molar-refractivity contribution in [1.29, 1.82) is 0 Å². The van der Waals surface area contributed by atoms with E-state index in [1.165, 1.54) is 0 Å². The van der Waals surface area contributed by atoms with Crippen molar-refractivity contribution < 1.29 is 33.8 Å². The number of rotatable bonds is 5. The van der Waals surface area contributed by atoms with E-state index in [0.29, 0.717) is 18.5 Å². The topological polar surface area (TPSA) is 138 Å². The van der Waals surface area contributed by atoms with Crippen molar-refractivity contribution in [1.82, 2.24) is 19.7 Å². The van der Waals surface area contributed by atoms with Gasteiger partial charge in [0, 0.05) is 61.3 Å². The number of aromatic nitrogens is 1. The van der Waals surface area contributed by atoms with Gasteiger partial charge in [0.15, 0.2) is 0 Å². The number of hydrogen-bond acceptors (Lipinski definition) is 6. The van der Waals surface area contributed by atoms with Crippen LogP contribution in [0.3, 0.4) is 0 Å². The molecule has 1 saturated carbocycles. The van der Waals surface area contributed by atoms with Crippen LogP contribution < -0.4 is 5.32 Å². The Kier molecular flexibility index (Phi) is 9.72. The molecule has 1 aromatic heterocycles. The second kappa shape index (κ2) is 14.1. The van der Waals surface area contributed by atoms with Gasteiger partial charge in [-0.25, -0.2) is 4.79 Å². The molecule has 7 rings (SSSR count). The number of esters is 1. The summed E-state index contributed by atoms with van der Waals surface area (Å²) in [5, 5.41) is 14.0. The molecule has 3 fully saturated rings. The third-order valence-electron chi connectivity index (χ3n) is 11.6. The number of nitrogens with zero attached hydrogens (tertiary/aromatic N) is 3. The highest BCUT2D eigenvalue weighted by molar-refractivity contribution is 6.13. The standard InChI is InChI=1S/C42H50N4O7/c1-41(2,3)53-33(47)21-27-17-9-6-5-7-12-18-29-22-42(29,40(51)52)43-37(48)36-31-25-45(23-28(31)24-46(36)38(27)49)39(50)34-30-19-13-14-20-32(30)44(4)35(34)26-15-10-8-11-16-26/h8,10-16,18-20,27-29,31,36H,5-7,9,17,21-25H2,1-4H3,(H,43,48)(H,51,52)/b18-12-/t27-,28-,29+,31-,36-,42+/m0/s1. The van der Waals surface area contributed by atoms with E-state index in [1.54, 1.807) is 30.6 Å². The predicted octanol–water partition coefficient (Wildman–Crippen LogP) is 5.57. The molecule has 11 nitrogen and oxygen atoms in total. The summed E-state index contributed by atoms with van der Waals surface area (Å²) in [6.07, 6.45) is 7.72. The fourth-order valence-electron chi connectivity index (χ4n) is 8.95. The first kappa shape index (κ1) is 36.4. The number of likely N-dealkylation sites (tertiary alicyclic amines) is 1. The van der Waals surface area contributed by atoms with Crippen LogP contribution in [0.25, 0.3) is 22.2 Å². The van der Waals surface area contributed by atoms with E-state index >= 15 is 0 Å². The van der Waals surface area contributed by atoms with Gasteiger partial charge in [-0.15, -0.1) is 0 Å². The molecule has 6 atom stereocenters. The molecule has 2 saturated heterocycles. The lowest BCUT2D eigenvalue weighted by Gasteiger charge is -2.32. The average molecular weight is 723 g/mol. The smallest absolute Gasteiger partial charge is 0.330 e. The van der Waals surface area contributed by atoms with E-state index in [4.69, 9.17) is 4.74 Å². The molecule has 0 radical (unpaired) electrons. The fourth-order valence-corrected chi connectivity index (χ4v) is 8.95. The van der Waals surface area contributed by atoms with Crippen LogP contribution in [-0.2, 0) is 31.0 Å². The number of aliphatic carboxylic acids is 1. The Morgan fingerprint density at radius 1 is 0.962 bits per heavy atom. The van der Waals surface area contributed by atoms with Gasteiger partial charge < -0.3 is 29.5 Å². The molecule has 0 unspecified atom stereocenters. The summed E-state index contributed by atoms with van der Waals surface area (Å²) in [6, 6.07) is 16.6. The number of nitrogens with one attached hydrogen (secondary N) is 1. The minimum Gasteiger partial charge on any atom is -0.479 e. The number of ether oxygens (including phenoxy) is 1. The van der Waals surface area contributed by atoms with Crippen molar-refractivity contribution in [3.05, 3.63) is 72.3 Å². The maximum Gasteiger partial charge on any atom is 0.330 e. The number of carbonyl (C=O) groups excluding carboxylic acids is 4. The van der Waals surface area contributed by atoms with Crippen molar-refractivity contribution in [2.75, 3.05) is 19.6 Å². The Morgan fingerprint density at radius 2 is 1.70 bits per heavy atom. The highest BCUT2D eigenvalue weighted by atomic mass is 16.6. The Balaban J connectivity index is 1.22. The molecule has 2 aromatic carbocycles. The molecule has 11 heteroatoms. The summed E-state index contributed by atoms with van der Waals surface area (Å²) in [5.74, 6) is -4.23. The fraction of sp³-hybridized carbons (Fsp3) is 0.500. The average Bonchev–Trinajstić information content (AvgIpc) is 3.34. The van der Waals surface area contributed by atoms with Crippen LogP contribution in [0.1, 0.15) is 76.1 Å². The largest absolute Gasteiger partial charge is 0.479 e. The quantitative estimate of drug-likeness (QED) is 0.260. The minimum absolute atomic E-state index is 0.106. The van der Waals surface area contributed by atoms with Gasteiger partial charge in [-0.3, -0.25) is 19.2 Å². The van der Waals surface area contributed by atoms with Gasteiger partial charge in [0.2, 0.25) is 11.8 Å². The number of aryl methyl sites for hydroxylation is 1. The zero-order valence-electron chi connectivity index (χ0n) is 31.0. The van der Waals surface area contributed by atoms with Gasteiger partial charge in [-0.05, 0) is 58.1 Å². The van der Waals surface area contributed by atoms with Gasteiger partial charge in [-0.1, -0.05) is 73.5 Å². The molecular formula is C42H50N4O7. The van der Waals surface area contributed by atoms with Crippen LogP contribution in [-0.4, -0.2) is 85.9 Å². The van der Waals surface area contributed by atoms with Gasteiger partial charge >= 0.3 is 11.9 Å². The summed E-state index contributed by atoms with van der Waals surface area (Å²) >= 11 is 0. The normalized spacial score (nSPS) is 28.3. The summed E-state index contributed by atoms with van der Waals surface area (Å²) in [7, 11) is 1.96. The first-order valence-electron chi connectivity index (χ1n) is 19.0. The SMILES string of the molecule is Cn1c(-c2ccccc2)c(C(=O)N2C[C@H]3CN4C(=O)[C@H](CC(=O)OC(C)(C)C)CCCCC/C=C\[C@@H]5C[C@@]5(C(=O)O)NC(=O)[C@@H]4[C@H]3C2)c2ccccc21. The van der Waals surface area contributed by atoms with Gasteiger partial charge in [0.05, 0.1) is 17.7 Å². The van der Waals surface area contributed by atoms with Crippen LogP contribution in [0, 0.1) is 23.7 Å². The third kappa shape index (κ3) is 6.98. The zero-order chi connectivity index (χ0) is 37.7. The summed E-state index contributed by atoms with van der Waals surface area (Å²) in [5.41, 5.74) is 1.07. The molecule has 4 heterocycles. The number of carbonyl (C=O) groups is 5. The van der Waals surface area contributed by atoms with Crippen LogP contribution in [0.4, 0.5) is 0 Å². The number of para-hydroxylation sites is 1. The molecule has 0 spiro atoms. The molecule has 53 heavy (non-hydrogen) atoms. The van der Waals surface area contributed by atoms with E-state index in [-0.39, 0.29) is 49.6 Å². The number of allylic oxidation sites excluding steroid dienone is 1. The monoisotopic (exact) mass is 722 g/mol. The lowest BCUT2D eigenvalue weighted by atomic mass is 9.92. The highest BCUT2D eigenvalue weighted by Crippen LogP contribution is 2.47. The molecular weight excluding hydrogens is 672 g/mol. The number of amides is 3. The first-order chi connectivity index (χ1) is 25.3. The van der Waals surface area contributed by atoms with Gasteiger partial charge in [0.25, 0.3) is 5.91 Å². The lowest BCUT2D eigenvalue weighted by molar-refractivity contribution is -0.159. The van der Waals surface area contributed by atoms with E-state index in [1.807, 2.05) is 78.4 Å². The Hall–Kier alpha value is -4.93. The lowest BCUT2D eigenvalue weighted by Crippen LogP contribution is -2.56.